The highest BCUT2D eigenvalue weighted by atomic mass is 19.2. The molecule has 7 heteroatoms. The lowest BCUT2D eigenvalue weighted by Gasteiger charge is -2.07. The Morgan fingerprint density at radius 1 is 1.21 bits per heavy atom. The number of aromatic nitrogens is 1. The topological polar surface area (TPSA) is 68.0 Å². The molecule has 1 heterocycles. The number of pyridine rings is 1. The van der Waals surface area contributed by atoms with Crippen LogP contribution in [0.5, 0.6) is 0 Å². The summed E-state index contributed by atoms with van der Waals surface area (Å²) in [4.78, 5) is 15.5. The Morgan fingerprint density at radius 2 is 1.84 bits per heavy atom. The zero-order valence-corrected chi connectivity index (χ0v) is 9.45. The lowest BCUT2D eigenvalue weighted by Crippen LogP contribution is -2.15. The lowest BCUT2D eigenvalue weighted by molar-refractivity contribution is 0.102. The lowest BCUT2D eigenvalue weighted by atomic mass is 10.2. The Kier molecular flexibility index (Phi) is 3.37. The number of carbonyl (C=O) groups is 1. The summed E-state index contributed by atoms with van der Waals surface area (Å²) >= 11 is 0. The van der Waals surface area contributed by atoms with Crippen LogP contribution in [0.2, 0.25) is 0 Å². The van der Waals surface area contributed by atoms with Gasteiger partial charge in [-0.05, 0) is 12.1 Å². The minimum absolute atomic E-state index is 0.0249. The molecule has 0 fully saturated rings. The van der Waals surface area contributed by atoms with Gasteiger partial charge < -0.3 is 11.1 Å². The molecule has 0 saturated carbocycles. The third-order valence-corrected chi connectivity index (χ3v) is 2.32. The third-order valence-electron chi connectivity index (χ3n) is 2.32. The Bertz CT molecular complexity index is 623. The van der Waals surface area contributed by atoms with Gasteiger partial charge in [0.25, 0.3) is 5.91 Å². The molecule has 2 aromatic rings. The first-order valence-corrected chi connectivity index (χ1v) is 5.15. The largest absolute Gasteiger partial charge is 0.383 e. The van der Waals surface area contributed by atoms with Crippen molar-refractivity contribution < 1.29 is 18.0 Å². The summed E-state index contributed by atoms with van der Waals surface area (Å²) in [6, 6.07) is 4.22. The summed E-state index contributed by atoms with van der Waals surface area (Å²) in [5.74, 6) is -5.11. The molecule has 98 valence electrons. The van der Waals surface area contributed by atoms with Crippen molar-refractivity contribution in [2.45, 2.75) is 0 Å². The standard InChI is InChI=1S/C12H8F3N3O/c13-8-4-6(5-9(14)10(8)15)18-12(19)7-2-1-3-17-11(7)16/h1-5H,(H2,16,17)(H,18,19). The molecule has 0 radical (unpaired) electrons. The normalized spacial score (nSPS) is 10.3. The fraction of sp³-hybridized carbons (Fsp3) is 0. The highest BCUT2D eigenvalue weighted by molar-refractivity contribution is 6.07. The smallest absolute Gasteiger partial charge is 0.259 e. The van der Waals surface area contributed by atoms with Crippen LogP contribution in [0.3, 0.4) is 0 Å². The van der Waals surface area contributed by atoms with E-state index in [2.05, 4.69) is 10.3 Å². The molecule has 0 aliphatic heterocycles. The molecule has 19 heavy (non-hydrogen) atoms. The van der Waals surface area contributed by atoms with E-state index < -0.39 is 23.4 Å². The molecule has 1 amide bonds. The van der Waals surface area contributed by atoms with E-state index in [1.807, 2.05) is 0 Å². The Balaban J connectivity index is 2.27. The highest BCUT2D eigenvalue weighted by Gasteiger charge is 2.14. The number of rotatable bonds is 2. The van der Waals surface area contributed by atoms with Crippen molar-refractivity contribution >= 4 is 17.4 Å². The van der Waals surface area contributed by atoms with Gasteiger partial charge >= 0.3 is 0 Å². The first-order valence-electron chi connectivity index (χ1n) is 5.15. The molecule has 3 N–H and O–H groups in total. The molecule has 0 saturated heterocycles. The van der Waals surface area contributed by atoms with Crippen LogP contribution in [0.1, 0.15) is 10.4 Å². The van der Waals surface area contributed by atoms with Crippen LogP contribution >= 0.6 is 0 Å². The fourth-order valence-corrected chi connectivity index (χ4v) is 1.44. The monoisotopic (exact) mass is 267 g/mol. The third kappa shape index (κ3) is 2.65. The van der Waals surface area contributed by atoms with E-state index in [0.717, 1.165) is 0 Å². The van der Waals surface area contributed by atoms with E-state index >= 15 is 0 Å². The molecule has 0 bridgehead atoms. The van der Waals surface area contributed by atoms with Gasteiger partial charge in [-0.25, -0.2) is 18.2 Å². The maximum atomic E-state index is 13.0. The van der Waals surface area contributed by atoms with Gasteiger partial charge in [-0.15, -0.1) is 0 Å². The second-order valence-electron chi connectivity index (χ2n) is 3.64. The fourth-order valence-electron chi connectivity index (χ4n) is 1.44. The number of carbonyl (C=O) groups excluding carboxylic acids is 1. The molecule has 0 aliphatic carbocycles. The van der Waals surface area contributed by atoms with Crippen LogP contribution in [0.4, 0.5) is 24.7 Å². The molecule has 1 aromatic heterocycles. The van der Waals surface area contributed by atoms with Gasteiger partial charge in [-0.3, -0.25) is 4.79 Å². The summed E-state index contributed by atoms with van der Waals surface area (Å²) in [6.07, 6.45) is 1.39. The maximum absolute atomic E-state index is 13.0. The Morgan fingerprint density at radius 3 is 2.42 bits per heavy atom. The van der Waals surface area contributed by atoms with Gasteiger partial charge in [-0.1, -0.05) is 0 Å². The Hall–Kier alpha value is -2.57. The number of nitrogen functional groups attached to an aromatic ring is 1. The SMILES string of the molecule is Nc1ncccc1C(=O)Nc1cc(F)c(F)c(F)c1. The number of anilines is 2. The van der Waals surface area contributed by atoms with Gasteiger partial charge in [0.2, 0.25) is 0 Å². The average molecular weight is 267 g/mol. The molecule has 0 unspecified atom stereocenters. The molecule has 2 rings (SSSR count). The van der Waals surface area contributed by atoms with Gasteiger partial charge in [0.05, 0.1) is 5.56 Å². The van der Waals surface area contributed by atoms with Crippen molar-refractivity contribution in [1.82, 2.24) is 4.98 Å². The van der Waals surface area contributed by atoms with Gasteiger partial charge in [0.15, 0.2) is 17.5 Å². The van der Waals surface area contributed by atoms with Crippen molar-refractivity contribution in [2.24, 2.45) is 0 Å². The predicted octanol–water partition coefficient (Wildman–Crippen LogP) is 2.33. The Labute approximate surface area is 106 Å². The second kappa shape index (κ2) is 4.97. The summed E-state index contributed by atoms with van der Waals surface area (Å²) < 4.78 is 38.7. The van der Waals surface area contributed by atoms with Crippen LogP contribution in [0.15, 0.2) is 30.5 Å². The summed E-state index contributed by atoms with van der Waals surface area (Å²) in [6.45, 7) is 0. The molecule has 0 atom stereocenters. The quantitative estimate of drug-likeness (QED) is 0.820. The van der Waals surface area contributed by atoms with Crippen LogP contribution in [-0.4, -0.2) is 10.9 Å². The van der Waals surface area contributed by atoms with Gasteiger partial charge in [-0.2, -0.15) is 0 Å². The van der Waals surface area contributed by atoms with E-state index in [0.29, 0.717) is 12.1 Å². The molecule has 4 nitrogen and oxygen atoms in total. The van der Waals surface area contributed by atoms with Crippen LogP contribution in [0, 0.1) is 17.5 Å². The number of nitrogens with one attached hydrogen (secondary N) is 1. The zero-order chi connectivity index (χ0) is 14.0. The van der Waals surface area contributed by atoms with E-state index in [1.165, 1.54) is 18.3 Å². The first kappa shape index (κ1) is 12.9. The van der Waals surface area contributed by atoms with Crippen molar-refractivity contribution in [3.05, 3.63) is 53.5 Å². The van der Waals surface area contributed by atoms with Crippen molar-refractivity contribution in [3.63, 3.8) is 0 Å². The molecule has 0 spiro atoms. The number of nitrogens with two attached hydrogens (primary N) is 1. The molecule has 1 aromatic carbocycles. The van der Waals surface area contributed by atoms with Gasteiger partial charge in [0.1, 0.15) is 5.82 Å². The van der Waals surface area contributed by atoms with E-state index in [9.17, 15) is 18.0 Å². The van der Waals surface area contributed by atoms with Crippen molar-refractivity contribution in [3.8, 4) is 0 Å². The van der Waals surface area contributed by atoms with Crippen molar-refractivity contribution in [1.29, 1.82) is 0 Å². The average Bonchev–Trinajstić information content (AvgIpc) is 2.36. The highest BCUT2D eigenvalue weighted by Crippen LogP contribution is 2.18. The minimum atomic E-state index is -1.60. The number of benzene rings is 1. The number of nitrogens with zero attached hydrogens (tertiary/aromatic N) is 1. The van der Waals surface area contributed by atoms with Gasteiger partial charge in [0, 0.05) is 24.0 Å². The summed E-state index contributed by atoms with van der Waals surface area (Å²) in [5, 5.41) is 2.20. The van der Waals surface area contributed by atoms with Crippen molar-refractivity contribution in [2.75, 3.05) is 11.1 Å². The second-order valence-corrected chi connectivity index (χ2v) is 3.64. The minimum Gasteiger partial charge on any atom is -0.383 e. The molecule has 0 aliphatic rings. The molecular formula is C12H8F3N3O. The zero-order valence-electron chi connectivity index (χ0n) is 9.45. The number of hydrogen-bond acceptors (Lipinski definition) is 3. The van der Waals surface area contributed by atoms with E-state index in [-0.39, 0.29) is 17.1 Å². The summed E-state index contributed by atoms with van der Waals surface area (Å²) in [7, 11) is 0. The maximum Gasteiger partial charge on any atom is 0.259 e. The number of hydrogen-bond donors (Lipinski definition) is 2. The predicted molar refractivity (Wildman–Crippen MR) is 62.9 cm³/mol. The van der Waals surface area contributed by atoms with Crippen LogP contribution in [-0.2, 0) is 0 Å². The van der Waals surface area contributed by atoms with E-state index in [4.69, 9.17) is 5.73 Å². The van der Waals surface area contributed by atoms with Crippen LogP contribution < -0.4 is 11.1 Å². The number of halogens is 3. The molecular weight excluding hydrogens is 259 g/mol. The first-order chi connectivity index (χ1) is 8.99. The van der Waals surface area contributed by atoms with Crippen LogP contribution in [0.25, 0.3) is 0 Å². The summed E-state index contributed by atoms with van der Waals surface area (Å²) in [5.41, 5.74) is 5.31. The van der Waals surface area contributed by atoms with E-state index in [1.54, 1.807) is 0 Å². The number of amides is 1.